The van der Waals surface area contributed by atoms with Gasteiger partial charge in [-0.1, -0.05) is 18.2 Å². The molecular formula is C16H13FO2S. The first-order valence-electron chi connectivity index (χ1n) is 6.19. The van der Waals surface area contributed by atoms with E-state index in [0.717, 1.165) is 15.6 Å². The molecule has 1 aromatic heterocycles. The zero-order chi connectivity index (χ0) is 13.9. The van der Waals surface area contributed by atoms with Crippen LogP contribution in [0.3, 0.4) is 0 Å². The van der Waals surface area contributed by atoms with Crippen molar-refractivity contribution in [3.05, 3.63) is 59.2 Å². The Morgan fingerprint density at radius 3 is 2.70 bits per heavy atom. The van der Waals surface area contributed by atoms with Crippen LogP contribution in [0, 0.1) is 5.82 Å². The highest BCUT2D eigenvalue weighted by molar-refractivity contribution is 7.17. The molecule has 0 bridgehead atoms. The van der Waals surface area contributed by atoms with Gasteiger partial charge in [-0.05, 0) is 35.0 Å². The molecule has 0 saturated heterocycles. The summed E-state index contributed by atoms with van der Waals surface area (Å²) in [5.74, 6) is 1.20. The quantitative estimate of drug-likeness (QED) is 0.697. The second-order valence-electron chi connectivity index (χ2n) is 4.34. The molecule has 3 rings (SSSR count). The average molecular weight is 288 g/mol. The van der Waals surface area contributed by atoms with Crippen LogP contribution in [0.25, 0.3) is 10.1 Å². The smallest absolute Gasteiger partial charge is 0.161 e. The van der Waals surface area contributed by atoms with Gasteiger partial charge in [0.1, 0.15) is 12.4 Å². The number of fused-ring (bicyclic) bond motifs is 1. The summed E-state index contributed by atoms with van der Waals surface area (Å²) < 4.78 is 25.1. The summed E-state index contributed by atoms with van der Waals surface area (Å²) in [5.41, 5.74) is 1.05. The molecule has 20 heavy (non-hydrogen) atoms. The number of hydrogen-bond donors (Lipinski definition) is 0. The Morgan fingerprint density at radius 2 is 1.90 bits per heavy atom. The fraction of sp³-hybridized carbons (Fsp3) is 0.125. The monoisotopic (exact) mass is 288 g/mol. The number of methoxy groups -OCH3 is 1. The van der Waals surface area contributed by atoms with E-state index in [1.165, 1.54) is 17.4 Å². The van der Waals surface area contributed by atoms with Gasteiger partial charge in [0.25, 0.3) is 0 Å². The lowest BCUT2D eigenvalue weighted by Gasteiger charge is -2.09. The van der Waals surface area contributed by atoms with E-state index in [1.54, 1.807) is 19.2 Å². The van der Waals surface area contributed by atoms with E-state index in [2.05, 4.69) is 0 Å². The molecule has 0 aliphatic carbocycles. The van der Waals surface area contributed by atoms with Crippen molar-refractivity contribution in [1.29, 1.82) is 0 Å². The summed E-state index contributed by atoms with van der Waals surface area (Å²) in [6.07, 6.45) is 0. The summed E-state index contributed by atoms with van der Waals surface area (Å²) >= 11 is 1.52. The van der Waals surface area contributed by atoms with E-state index < -0.39 is 0 Å². The Morgan fingerprint density at radius 1 is 1.10 bits per heavy atom. The zero-order valence-electron chi connectivity index (χ0n) is 10.9. The highest BCUT2D eigenvalue weighted by Gasteiger charge is 2.08. The predicted octanol–water partition coefficient (Wildman–Crippen LogP) is 4.63. The first-order chi connectivity index (χ1) is 9.78. The van der Waals surface area contributed by atoms with E-state index in [0.29, 0.717) is 18.1 Å². The number of thiophene rings is 1. The van der Waals surface area contributed by atoms with Crippen molar-refractivity contribution in [1.82, 2.24) is 0 Å². The maximum Gasteiger partial charge on any atom is 0.161 e. The third-order valence-corrected chi connectivity index (χ3v) is 4.06. The fourth-order valence-electron chi connectivity index (χ4n) is 2.06. The molecular weight excluding hydrogens is 275 g/mol. The van der Waals surface area contributed by atoms with E-state index in [4.69, 9.17) is 9.47 Å². The predicted molar refractivity (Wildman–Crippen MR) is 79.1 cm³/mol. The van der Waals surface area contributed by atoms with E-state index in [-0.39, 0.29) is 5.82 Å². The van der Waals surface area contributed by atoms with Crippen molar-refractivity contribution in [3.63, 3.8) is 0 Å². The molecule has 0 radical (unpaired) electrons. The van der Waals surface area contributed by atoms with Crippen molar-refractivity contribution in [2.75, 3.05) is 7.11 Å². The minimum absolute atomic E-state index is 0.212. The van der Waals surface area contributed by atoms with Crippen LogP contribution in [0.4, 0.5) is 4.39 Å². The normalized spacial score (nSPS) is 10.7. The Balaban J connectivity index is 1.83. The minimum Gasteiger partial charge on any atom is -0.493 e. The largest absolute Gasteiger partial charge is 0.493 e. The fourth-order valence-corrected chi connectivity index (χ4v) is 3.03. The molecule has 2 nitrogen and oxygen atoms in total. The van der Waals surface area contributed by atoms with Gasteiger partial charge in [0.05, 0.1) is 7.11 Å². The van der Waals surface area contributed by atoms with Crippen LogP contribution in [0.1, 0.15) is 5.56 Å². The minimum atomic E-state index is -0.212. The van der Waals surface area contributed by atoms with E-state index in [9.17, 15) is 4.39 Å². The van der Waals surface area contributed by atoms with Crippen molar-refractivity contribution in [2.45, 2.75) is 6.61 Å². The topological polar surface area (TPSA) is 18.5 Å². The molecule has 3 aromatic rings. The van der Waals surface area contributed by atoms with Crippen molar-refractivity contribution in [2.24, 2.45) is 0 Å². The summed E-state index contributed by atoms with van der Waals surface area (Å²) in [6.45, 7) is 0.437. The van der Waals surface area contributed by atoms with Gasteiger partial charge in [0.2, 0.25) is 0 Å². The molecule has 1 heterocycles. The average Bonchev–Trinajstić information content (AvgIpc) is 2.87. The molecule has 0 N–H and O–H groups in total. The molecule has 0 aliphatic rings. The number of ether oxygens (including phenoxy) is 2. The summed E-state index contributed by atoms with van der Waals surface area (Å²) in [5, 5.41) is 3.03. The second-order valence-corrected chi connectivity index (χ2v) is 5.25. The first kappa shape index (κ1) is 12.9. The van der Waals surface area contributed by atoms with Crippen molar-refractivity contribution >= 4 is 21.4 Å². The number of hydrogen-bond acceptors (Lipinski definition) is 3. The van der Waals surface area contributed by atoms with Crippen LogP contribution in [-0.4, -0.2) is 7.11 Å². The number of para-hydroxylation sites is 2. The summed E-state index contributed by atoms with van der Waals surface area (Å²) in [6, 6.07) is 12.3. The highest BCUT2D eigenvalue weighted by atomic mass is 32.1. The molecule has 0 atom stereocenters. The van der Waals surface area contributed by atoms with Crippen LogP contribution >= 0.6 is 11.3 Å². The summed E-state index contributed by atoms with van der Waals surface area (Å²) in [4.78, 5) is 0. The Kier molecular flexibility index (Phi) is 3.56. The third-order valence-electron chi connectivity index (χ3n) is 3.07. The Hall–Kier alpha value is -2.07. The Bertz CT molecular complexity index is 736. The standard InChI is InChI=1S/C16H13FO2S/c1-18-14-4-2-3-5-15(14)19-9-11-10-20-16-8-12(17)6-7-13(11)16/h2-8,10H,9H2,1H3. The molecule has 0 spiro atoms. The lowest BCUT2D eigenvalue weighted by molar-refractivity contribution is 0.286. The van der Waals surface area contributed by atoms with Gasteiger partial charge in [-0.2, -0.15) is 0 Å². The number of rotatable bonds is 4. The molecule has 102 valence electrons. The molecule has 0 aliphatic heterocycles. The van der Waals surface area contributed by atoms with Crippen molar-refractivity contribution in [3.8, 4) is 11.5 Å². The van der Waals surface area contributed by atoms with Gasteiger partial charge in [0, 0.05) is 10.3 Å². The number of halogens is 1. The van der Waals surface area contributed by atoms with Crippen molar-refractivity contribution < 1.29 is 13.9 Å². The Labute approximate surface area is 120 Å². The van der Waals surface area contributed by atoms with Crippen LogP contribution in [-0.2, 0) is 6.61 Å². The lowest BCUT2D eigenvalue weighted by Crippen LogP contribution is -1.96. The lowest BCUT2D eigenvalue weighted by atomic mass is 10.2. The highest BCUT2D eigenvalue weighted by Crippen LogP contribution is 2.30. The third kappa shape index (κ3) is 2.47. The zero-order valence-corrected chi connectivity index (χ0v) is 11.7. The van der Waals surface area contributed by atoms with Crippen LogP contribution < -0.4 is 9.47 Å². The van der Waals surface area contributed by atoms with Gasteiger partial charge >= 0.3 is 0 Å². The van der Waals surface area contributed by atoms with E-state index >= 15 is 0 Å². The molecule has 4 heteroatoms. The molecule has 2 aromatic carbocycles. The first-order valence-corrected chi connectivity index (χ1v) is 7.07. The maximum absolute atomic E-state index is 13.2. The molecule has 0 fully saturated rings. The number of benzene rings is 2. The maximum atomic E-state index is 13.2. The van der Waals surface area contributed by atoms with Crippen LogP contribution in [0.5, 0.6) is 11.5 Å². The van der Waals surface area contributed by atoms with Crippen LogP contribution in [0.15, 0.2) is 47.8 Å². The van der Waals surface area contributed by atoms with E-state index in [1.807, 2.05) is 29.6 Å². The van der Waals surface area contributed by atoms with Gasteiger partial charge in [0.15, 0.2) is 11.5 Å². The molecule has 0 amide bonds. The van der Waals surface area contributed by atoms with Crippen LogP contribution in [0.2, 0.25) is 0 Å². The molecule has 0 unspecified atom stereocenters. The van der Waals surface area contributed by atoms with Gasteiger partial charge < -0.3 is 9.47 Å². The summed E-state index contributed by atoms with van der Waals surface area (Å²) in [7, 11) is 1.62. The molecule has 0 saturated carbocycles. The van der Waals surface area contributed by atoms with Gasteiger partial charge in [-0.25, -0.2) is 4.39 Å². The second kappa shape index (κ2) is 5.51. The van der Waals surface area contributed by atoms with Gasteiger partial charge in [-0.3, -0.25) is 0 Å². The SMILES string of the molecule is COc1ccccc1OCc1csc2cc(F)ccc12. The van der Waals surface area contributed by atoms with Gasteiger partial charge in [-0.15, -0.1) is 11.3 Å².